The van der Waals surface area contributed by atoms with Crippen LogP contribution in [0.4, 0.5) is 10.2 Å². The largest absolute Gasteiger partial charge is 0.388 e. The van der Waals surface area contributed by atoms with Crippen molar-refractivity contribution in [2.24, 2.45) is 0 Å². The van der Waals surface area contributed by atoms with Gasteiger partial charge >= 0.3 is 6.08 Å². The minimum atomic E-state index is -1.16. The van der Waals surface area contributed by atoms with Crippen molar-refractivity contribution in [2.45, 2.75) is 37.9 Å². The highest BCUT2D eigenvalue weighted by Gasteiger charge is 2.43. The lowest BCUT2D eigenvalue weighted by Crippen LogP contribution is -2.31. The highest BCUT2D eigenvalue weighted by molar-refractivity contribution is 5.81. The number of nitrogens with two attached hydrogens (primary N) is 1. The van der Waals surface area contributed by atoms with Crippen molar-refractivity contribution in [3.05, 3.63) is 12.4 Å². The van der Waals surface area contributed by atoms with Gasteiger partial charge in [-0.05, 0) is 6.42 Å². The summed E-state index contributed by atoms with van der Waals surface area (Å²) in [5, 5.41) is 19.9. The van der Waals surface area contributed by atoms with Crippen molar-refractivity contribution in [3.63, 3.8) is 0 Å². The Bertz CT molecular complexity index is 648. The molecule has 0 bridgehead atoms. The summed E-state index contributed by atoms with van der Waals surface area (Å²) in [6.07, 6.45) is -2.70. The van der Waals surface area contributed by atoms with Crippen molar-refractivity contribution >= 4 is 17.0 Å². The molecule has 0 aliphatic carbocycles. The summed E-state index contributed by atoms with van der Waals surface area (Å²) >= 11 is 0. The van der Waals surface area contributed by atoms with Crippen LogP contribution in [0.5, 0.6) is 0 Å². The van der Waals surface area contributed by atoms with Gasteiger partial charge in [0, 0.05) is 0 Å². The molecule has 4 atom stereocenters. The molecule has 4 N–H and O–H groups in total. The predicted octanol–water partition coefficient (Wildman–Crippen LogP) is -0.423. The van der Waals surface area contributed by atoms with Crippen molar-refractivity contribution in [2.75, 3.05) is 5.73 Å². The maximum absolute atomic E-state index is 13.3. The van der Waals surface area contributed by atoms with Crippen LogP contribution >= 0.6 is 0 Å². The summed E-state index contributed by atoms with van der Waals surface area (Å²) in [4.78, 5) is 11.0. The predicted molar refractivity (Wildman–Crippen MR) is 65.9 cm³/mol. The first-order chi connectivity index (χ1) is 9.52. The van der Waals surface area contributed by atoms with Gasteiger partial charge in [0.25, 0.3) is 0 Å². The van der Waals surface area contributed by atoms with E-state index in [9.17, 15) is 14.6 Å². The first kappa shape index (κ1) is 13.2. The summed E-state index contributed by atoms with van der Waals surface area (Å²) in [6, 6.07) is 0. The molecule has 9 heteroatoms. The van der Waals surface area contributed by atoms with E-state index >= 15 is 0 Å². The van der Waals surface area contributed by atoms with Gasteiger partial charge in [-0.2, -0.15) is 14.4 Å². The van der Waals surface area contributed by atoms with Crippen LogP contribution in [-0.4, -0.2) is 48.0 Å². The van der Waals surface area contributed by atoms with Crippen LogP contribution in [0.25, 0.3) is 11.2 Å². The second-order valence-corrected chi connectivity index (χ2v) is 4.66. The number of aliphatic hydroxyl groups excluding tert-OH is 2. The lowest BCUT2D eigenvalue weighted by atomic mass is 10.1. The number of imidazole rings is 1. The number of anilines is 1. The van der Waals surface area contributed by atoms with Crippen LogP contribution in [0, 0.1) is 6.08 Å². The zero-order valence-electron chi connectivity index (χ0n) is 10.6. The van der Waals surface area contributed by atoms with E-state index in [0.29, 0.717) is 6.42 Å². The molecule has 1 saturated heterocycles. The van der Waals surface area contributed by atoms with Crippen LogP contribution in [0.3, 0.4) is 0 Å². The van der Waals surface area contributed by atoms with Gasteiger partial charge in [-0.1, -0.05) is 6.92 Å². The fourth-order valence-corrected chi connectivity index (χ4v) is 2.39. The maximum Gasteiger partial charge on any atom is 0.312 e. The van der Waals surface area contributed by atoms with Gasteiger partial charge in [0.05, 0.1) is 12.4 Å². The van der Waals surface area contributed by atoms with Crippen LogP contribution in [0.15, 0.2) is 6.33 Å². The number of aliphatic hydroxyl groups is 2. The molecule has 2 aromatic heterocycles. The third kappa shape index (κ3) is 1.82. The molecule has 1 aliphatic rings. The molecule has 0 saturated carbocycles. The Labute approximate surface area is 113 Å². The van der Waals surface area contributed by atoms with E-state index in [2.05, 4.69) is 15.0 Å². The zero-order valence-corrected chi connectivity index (χ0v) is 10.6. The number of hydrogen-bond donors (Lipinski definition) is 3. The minimum absolute atomic E-state index is 0.0914. The Hall–Kier alpha value is -1.84. The molecule has 2 aromatic rings. The Morgan fingerprint density at radius 1 is 1.40 bits per heavy atom. The monoisotopic (exact) mass is 283 g/mol. The molecule has 0 aromatic carbocycles. The van der Waals surface area contributed by atoms with Crippen molar-refractivity contribution in [1.29, 1.82) is 0 Å². The van der Waals surface area contributed by atoms with Gasteiger partial charge in [0.15, 0.2) is 23.2 Å². The Balaban J connectivity index is 2.07. The fraction of sp³-hybridized carbons (Fsp3) is 0.545. The van der Waals surface area contributed by atoms with Crippen LogP contribution in [-0.2, 0) is 4.74 Å². The Morgan fingerprint density at radius 2 is 2.15 bits per heavy atom. The van der Waals surface area contributed by atoms with Gasteiger partial charge in [0.1, 0.15) is 12.2 Å². The highest BCUT2D eigenvalue weighted by Crippen LogP contribution is 2.33. The first-order valence-corrected chi connectivity index (χ1v) is 6.20. The summed E-state index contributed by atoms with van der Waals surface area (Å²) in [6.45, 7) is 1.83. The standard InChI is InChI=1S/C11H14FN5O3/c1-2-4-6(18)7(19)10(20-4)17-3-14-5-8(13)15-11(12)16-9(5)17/h3-4,6-7,10,18-19H,2H2,1H3,(H2,13,15,16)/t4-,6?,7?,10-/m1/s1. The summed E-state index contributed by atoms with van der Waals surface area (Å²) < 4.78 is 20.2. The van der Waals surface area contributed by atoms with Crippen molar-refractivity contribution in [1.82, 2.24) is 19.5 Å². The number of hydrogen-bond acceptors (Lipinski definition) is 7. The number of ether oxygens (including phenoxy) is 1. The lowest BCUT2D eigenvalue weighted by Gasteiger charge is -2.16. The smallest absolute Gasteiger partial charge is 0.312 e. The van der Waals surface area contributed by atoms with Crippen LogP contribution in [0.2, 0.25) is 0 Å². The number of halogens is 1. The molecule has 1 fully saturated rings. The molecular weight excluding hydrogens is 269 g/mol. The van der Waals surface area contributed by atoms with Crippen molar-refractivity contribution < 1.29 is 19.3 Å². The van der Waals surface area contributed by atoms with Gasteiger partial charge in [-0.3, -0.25) is 4.57 Å². The number of aromatic nitrogens is 4. The van der Waals surface area contributed by atoms with Gasteiger partial charge < -0.3 is 20.7 Å². The molecule has 0 amide bonds. The quantitative estimate of drug-likeness (QED) is 0.640. The second kappa shape index (κ2) is 4.62. The Kier molecular flexibility index (Phi) is 3.04. The van der Waals surface area contributed by atoms with Crippen molar-refractivity contribution in [3.8, 4) is 0 Å². The molecule has 3 heterocycles. The number of nitrogen functional groups attached to an aromatic ring is 1. The third-order valence-electron chi connectivity index (χ3n) is 3.43. The average molecular weight is 283 g/mol. The molecule has 8 nitrogen and oxygen atoms in total. The summed E-state index contributed by atoms with van der Waals surface area (Å²) in [5.41, 5.74) is 5.90. The van der Waals surface area contributed by atoms with Gasteiger partial charge in [0.2, 0.25) is 0 Å². The minimum Gasteiger partial charge on any atom is -0.388 e. The van der Waals surface area contributed by atoms with E-state index < -0.39 is 30.6 Å². The third-order valence-corrected chi connectivity index (χ3v) is 3.43. The van der Waals surface area contributed by atoms with E-state index in [1.165, 1.54) is 10.9 Å². The summed E-state index contributed by atoms with van der Waals surface area (Å²) in [5.74, 6) is -0.0914. The van der Waals surface area contributed by atoms with E-state index in [-0.39, 0.29) is 17.0 Å². The zero-order chi connectivity index (χ0) is 14.4. The number of fused-ring (bicyclic) bond motifs is 1. The molecule has 1 aliphatic heterocycles. The van der Waals surface area contributed by atoms with E-state index in [0.717, 1.165) is 0 Å². The molecule has 20 heavy (non-hydrogen) atoms. The van der Waals surface area contributed by atoms with E-state index in [1.807, 2.05) is 6.92 Å². The molecule has 3 rings (SSSR count). The highest BCUT2D eigenvalue weighted by atomic mass is 19.1. The van der Waals surface area contributed by atoms with E-state index in [1.54, 1.807) is 0 Å². The first-order valence-electron chi connectivity index (χ1n) is 6.20. The Morgan fingerprint density at radius 3 is 2.80 bits per heavy atom. The van der Waals surface area contributed by atoms with E-state index in [4.69, 9.17) is 10.5 Å². The maximum atomic E-state index is 13.3. The normalized spacial score (nSPS) is 30.2. The van der Waals surface area contributed by atoms with Crippen LogP contribution in [0.1, 0.15) is 19.6 Å². The fourth-order valence-electron chi connectivity index (χ4n) is 2.39. The summed E-state index contributed by atoms with van der Waals surface area (Å²) in [7, 11) is 0. The molecule has 0 spiro atoms. The topological polar surface area (TPSA) is 119 Å². The number of rotatable bonds is 2. The lowest BCUT2D eigenvalue weighted by molar-refractivity contribution is -0.0356. The number of nitrogens with zero attached hydrogens (tertiary/aromatic N) is 4. The average Bonchev–Trinajstić information content (AvgIpc) is 2.93. The van der Waals surface area contributed by atoms with Crippen LogP contribution < -0.4 is 5.73 Å². The molecule has 0 radical (unpaired) electrons. The molecular formula is C11H14FN5O3. The SMILES string of the molecule is CC[C@H]1O[C@@H](n2cnc3c(N)nc(F)nc32)C(O)C1O. The van der Waals surface area contributed by atoms with Gasteiger partial charge in [-0.25, -0.2) is 4.98 Å². The second-order valence-electron chi connectivity index (χ2n) is 4.66. The molecule has 108 valence electrons. The van der Waals surface area contributed by atoms with Gasteiger partial charge in [-0.15, -0.1) is 0 Å². The molecule has 2 unspecified atom stereocenters.